The molecule has 7 nitrogen and oxygen atoms in total. The maximum atomic E-state index is 15.5. The quantitative estimate of drug-likeness (QED) is 0.269. The number of benzene rings is 2. The molecule has 0 spiro atoms. The van der Waals surface area contributed by atoms with Crippen molar-refractivity contribution in [3.05, 3.63) is 82.9 Å². The van der Waals surface area contributed by atoms with Crippen LogP contribution in [0.1, 0.15) is 61.2 Å². The van der Waals surface area contributed by atoms with Crippen LogP contribution in [0.3, 0.4) is 0 Å². The molecule has 9 heteroatoms. The van der Waals surface area contributed by atoms with E-state index in [9.17, 15) is 13.2 Å². The van der Waals surface area contributed by atoms with Crippen molar-refractivity contribution in [1.82, 2.24) is 14.3 Å². The van der Waals surface area contributed by atoms with Crippen molar-refractivity contribution >= 4 is 32.7 Å². The van der Waals surface area contributed by atoms with E-state index in [0.717, 1.165) is 23.1 Å². The van der Waals surface area contributed by atoms with Crippen LogP contribution in [0.15, 0.2) is 54.9 Å². The summed E-state index contributed by atoms with van der Waals surface area (Å²) in [7, 11) is -3.87. The van der Waals surface area contributed by atoms with Crippen molar-refractivity contribution in [1.29, 1.82) is 0 Å². The number of aromatic nitrogens is 2. The second kappa shape index (κ2) is 12.3. The van der Waals surface area contributed by atoms with Gasteiger partial charge in [-0.2, -0.15) is 12.7 Å². The fourth-order valence-electron chi connectivity index (χ4n) is 4.24. The summed E-state index contributed by atoms with van der Waals surface area (Å²) in [4.78, 5) is 21.1. The van der Waals surface area contributed by atoms with Gasteiger partial charge in [0, 0.05) is 42.0 Å². The van der Waals surface area contributed by atoms with Gasteiger partial charge >= 0.3 is 10.2 Å². The molecule has 2 aromatic heterocycles. The first-order valence-corrected chi connectivity index (χ1v) is 14.4. The van der Waals surface area contributed by atoms with Gasteiger partial charge in [0.2, 0.25) is 0 Å². The number of aromatic amines is 1. The largest absolute Gasteiger partial charge is 0.345 e. The molecule has 0 amide bonds. The molecule has 0 saturated carbocycles. The van der Waals surface area contributed by atoms with Gasteiger partial charge in [0.25, 0.3) is 0 Å². The molecule has 0 aliphatic carbocycles. The number of halogens is 1. The number of fused-ring (bicyclic) bond motifs is 1. The molecule has 2 N–H and O–H groups in total. The van der Waals surface area contributed by atoms with Crippen LogP contribution < -0.4 is 4.72 Å². The van der Waals surface area contributed by atoms with E-state index in [2.05, 4.69) is 14.7 Å². The van der Waals surface area contributed by atoms with E-state index < -0.39 is 21.8 Å². The zero-order valence-electron chi connectivity index (χ0n) is 22.7. The normalized spacial score (nSPS) is 13.0. The number of hydrogen-bond acceptors (Lipinski definition) is 4. The van der Waals surface area contributed by atoms with Crippen molar-refractivity contribution in [3.8, 4) is 11.1 Å². The molecule has 4 aromatic rings. The van der Waals surface area contributed by atoms with Gasteiger partial charge in [-0.3, -0.25) is 9.52 Å². The SMILES string of the molecule is CC.CC.Cc1ccc(NS(=O)(=O)N2CCC2)c(F)c1C(=O)c1c[nH]c2ncc(-c3ccccc3)c(C)c12. The fourth-order valence-corrected chi connectivity index (χ4v) is 5.54. The molecule has 1 fully saturated rings. The molecule has 0 radical (unpaired) electrons. The second-order valence-electron chi connectivity index (χ2n) is 8.40. The molecule has 2 aromatic carbocycles. The van der Waals surface area contributed by atoms with E-state index >= 15 is 4.39 Å². The summed E-state index contributed by atoms with van der Waals surface area (Å²) in [6.07, 6.45) is 4.03. The van der Waals surface area contributed by atoms with Crippen LogP contribution in [0.25, 0.3) is 22.2 Å². The highest BCUT2D eigenvalue weighted by Gasteiger charge is 2.30. The zero-order chi connectivity index (χ0) is 28.0. The third-order valence-electron chi connectivity index (χ3n) is 6.26. The first-order chi connectivity index (χ1) is 18.3. The topological polar surface area (TPSA) is 95.2 Å². The third kappa shape index (κ3) is 5.49. The zero-order valence-corrected chi connectivity index (χ0v) is 23.5. The lowest BCUT2D eigenvalue weighted by Crippen LogP contribution is -2.45. The molecule has 0 bridgehead atoms. The molecule has 0 unspecified atom stereocenters. The molecular weight excluding hydrogens is 503 g/mol. The maximum Gasteiger partial charge on any atom is 0.301 e. The van der Waals surface area contributed by atoms with Gasteiger partial charge in [-0.05, 0) is 43.0 Å². The Morgan fingerprint density at radius 1 is 1.03 bits per heavy atom. The fraction of sp³-hybridized carbons (Fsp3) is 0.310. The highest BCUT2D eigenvalue weighted by Crippen LogP contribution is 2.33. The van der Waals surface area contributed by atoms with Gasteiger partial charge in [-0.25, -0.2) is 9.37 Å². The number of aryl methyl sites for hydroxylation is 2. The van der Waals surface area contributed by atoms with E-state index in [1.54, 1.807) is 19.2 Å². The Morgan fingerprint density at radius 2 is 1.68 bits per heavy atom. The van der Waals surface area contributed by atoms with E-state index in [4.69, 9.17) is 0 Å². The number of nitrogens with zero attached hydrogens (tertiary/aromatic N) is 2. The molecule has 5 rings (SSSR count). The Bertz CT molecular complexity index is 1530. The number of nitrogens with one attached hydrogen (secondary N) is 2. The first kappa shape index (κ1) is 29.0. The minimum absolute atomic E-state index is 0.172. The summed E-state index contributed by atoms with van der Waals surface area (Å²) < 4.78 is 44.0. The summed E-state index contributed by atoms with van der Waals surface area (Å²) >= 11 is 0. The lowest BCUT2D eigenvalue weighted by molar-refractivity contribution is 0.103. The molecule has 1 saturated heterocycles. The van der Waals surface area contributed by atoms with Crippen molar-refractivity contribution in [2.75, 3.05) is 17.8 Å². The summed E-state index contributed by atoms with van der Waals surface area (Å²) in [5.74, 6) is -1.44. The van der Waals surface area contributed by atoms with E-state index in [0.29, 0.717) is 29.7 Å². The monoisotopic (exact) mass is 538 g/mol. The van der Waals surface area contributed by atoms with Crippen LogP contribution in [-0.2, 0) is 10.2 Å². The van der Waals surface area contributed by atoms with Crippen LogP contribution in [0.4, 0.5) is 10.1 Å². The van der Waals surface area contributed by atoms with Gasteiger partial charge in [0.05, 0.1) is 11.3 Å². The Kier molecular flexibility index (Phi) is 9.40. The number of carbonyl (C=O) groups excluding carboxylic acids is 1. The van der Waals surface area contributed by atoms with Gasteiger partial charge in [0.1, 0.15) is 5.65 Å². The second-order valence-corrected chi connectivity index (χ2v) is 10.1. The van der Waals surface area contributed by atoms with Crippen molar-refractivity contribution in [3.63, 3.8) is 0 Å². The Balaban J connectivity index is 0.000000956. The number of H-pyrrole nitrogens is 1. The minimum Gasteiger partial charge on any atom is -0.345 e. The Morgan fingerprint density at radius 3 is 2.29 bits per heavy atom. The molecule has 0 atom stereocenters. The lowest BCUT2D eigenvalue weighted by Gasteiger charge is -2.30. The molecule has 1 aliphatic rings. The van der Waals surface area contributed by atoms with Gasteiger partial charge in [0.15, 0.2) is 11.6 Å². The summed E-state index contributed by atoms with van der Waals surface area (Å²) in [5, 5.41) is 0.608. The van der Waals surface area contributed by atoms with Crippen LogP contribution in [0, 0.1) is 19.7 Å². The molecule has 1 aliphatic heterocycles. The standard InChI is InChI=1S/C25H23FN4O3S.2C2H6/c1-15-9-10-20(29-34(32,33)30-11-6-12-30)23(26)21(15)24(31)19-14-28-25-22(19)16(2)18(13-27-25)17-7-4-3-5-8-17;2*1-2/h3-5,7-10,13-14,29H,6,11-12H2,1-2H3,(H,27,28);2*1-2H3. The van der Waals surface area contributed by atoms with E-state index in [1.165, 1.54) is 16.6 Å². The highest BCUT2D eigenvalue weighted by molar-refractivity contribution is 7.90. The minimum atomic E-state index is -3.87. The number of ketones is 1. The van der Waals surface area contributed by atoms with Crippen LogP contribution >= 0.6 is 0 Å². The number of pyridine rings is 1. The molecule has 202 valence electrons. The van der Waals surface area contributed by atoms with Crippen molar-refractivity contribution in [2.24, 2.45) is 0 Å². The number of hydrogen-bond donors (Lipinski definition) is 2. The Hall–Kier alpha value is -3.56. The predicted molar refractivity (Wildman–Crippen MR) is 152 cm³/mol. The Labute approximate surface area is 224 Å². The van der Waals surface area contributed by atoms with Gasteiger partial charge in [-0.15, -0.1) is 0 Å². The average molecular weight is 539 g/mol. The molecule has 3 heterocycles. The van der Waals surface area contributed by atoms with Gasteiger partial charge in [-0.1, -0.05) is 64.1 Å². The highest BCUT2D eigenvalue weighted by atomic mass is 32.2. The van der Waals surface area contributed by atoms with E-state index in [1.807, 2.05) is 65.0 Å². The van der Waals surface area contributed by atoms with Crippen LogP contribution in [0.2, 0.25) is 0 Å². The summed E-state index contributed by atoms with van der Waals surface area (Å²) in [5.41, 5.74) is 3.46. The predicted octanol–water partition coefficient (Wildman–Crippen LogP) is 6.63. The lowest BCUT2D eigenvalue weighted by atomic mass is 9.94. The number of anilines is 1. The molecular formula is C29H35FN4O3S. The first-order valence-electron chi connectivity index (χ1n) is 12.9. The summed E-state index contributed by atoms with van der Waals surface area (Å²) in [6, 6.07) is 12.6. The van der Waals surface area contributed by atoms with E-state index in [-0.39, 0.29) is 16.8 Å². The van der Waals surface area contributed by atoms with Crippen molar-refractivity contribution < 1.29 is 17.6 Å². The number of carbonyl (C=O) groups is 1. The third-order valence-corrected chi connectivity index (χ3v) is 7.78. The number of rotatable bonds is 6. The summed E-state index contributed by atoms with van der Waals surface area (Å²) in [6.45, 7) is 12.3. The smallest absolute Gasteiger partial charge is 0.301 e. The average Bonchev–Trinajstić information content (AvgIpc) is 3.33. The van der Waals surface area contributed by atoms with Crippen LogP contribution in [0.5, 0.6) is 0 Å². The van der Waals surface area contributed by atoms with Gasteiger partial charge < -0.3 is 4.98 Å². The van der Waals surface area contributed by atoms with Crippen LogP contribution in [-0.4, -0.2) is 41.6 Å². The maximum absolute atomic E-state index is 15.5. The molecule has 38 heavy (non-hydrogen) atoms. The van der Waals surface area contributed by atoms with Crippen molar-refractivity contribution in [2.45, 2.75) is 48.0 Å².